The number of methoxy groups -OCH3 is 1. The number of rotatable bonds is 7. The minimum absolute atomic E-state index is 0.167. The van der Waals surface area contributed by atoms with Gasteiger partial charge in [0, 0.05) is 17.8 Å². The highest BCUT2D eigenvalue weighted by Gasteiger charge is 2.14. The van der Waals surface area contributed by atoms with Gasteiger partial charge in [0.2, 0.25) is 15.9 Å². The average molecular weight is 413 g/mol. The standard InChI is InChI=1S/C17H17F2N3O5S/c1-27-15-8-11(4-6-14(15)22-28(2,25)26)21-16(23)9-20-17(24)12-5-3-10(18)7-13(12)19/h3-8,22H,9H2,1-2H3,(H,20,24)(H,21,23). The molecule has 0 unspecified atom stereocenters. The van der Waals surface area contributed by atoms with Gasteiger partial charge in [0.25, 0.3) is 5.91 Å². The molecule has 0 aliphatic carbocycles. The van der Waals surface area contributed by atoms with Crippen molar-refractivity contribution in [1.82, 2.24) is 5.32 Å². The second-order valence-electron chi connectivity index (χ2n) is 5.64. The van der Waals surface area contributed by atoms with Crippen LogP contribution in [0.15, 0.2) is 36.4 Å². The van der Waals surface area contributed by atoms with Crippen LogP contribution in [0.1, 0.15) is 10.4 Å². The summed E-state index contributed by atoms with van der Waals surface area (Å²) in [4.78, 5) is 23.8. The molecule has 0 heterocycles. The van der Waals surface area contributed by atoms with Crippen molar-refractivity contribution < 1.29 is 31.5 Å². The summed E-state index contributed by atoms with van der Waals surface area (Å²) in [6.45, 7) is -0.471. The van der Waals surface area contributed by atoms with Crippen LogP contribution < -0.4 is 20.1 Å². The van der Waals surface area contributed by atoms with Crippen LogP contribution in [-0.4, -0.2) is 40.1 Å². The summed E-state index contributed by atoms with van der Waals surface area (Å²) in [5.74, 6) is -3.20. The minimum Gasteiger partial charge on any atom is -0.494 e. The Bertz CT molecular complexity index is 1010. The van der Waals surface area contributed by atoms with E-state index in [1.54, 1.807) is 0 Å². The van der Waals surface area contributed by atoms with Crippen molar-refractivity contribution in [3.63, 3.8) is 0 Å². The number of ether oxygens (including phenoxy) is 1. The Hall–Kier alpha value is -3.21. The van der Waals surface area contributed by atoms with E-state index in [-0.39, 0.29) is 17.1 Å². The number of hydrogen-bond donors (Lipinski definition) is 3. The van der Waals surface area contributed by atoms with Crippen LogP contribution in [0.3, 0.4) is 0 Å². The molecule has 0 saturated carbocycles. The molecule has 0 fully saturated rings. The number of nitrogens with one attached hydrogen (secondary N) is 3. The van der Waals surface area contributed by atoms with Crippen LogP contribution in [0.5, 0.6) is 5.75 Å². The van der Waals surface area contributed by atoms with Gasteiger partial charge < -0.3 is 15.4 Å². The summed E-state index contributed by atoms with van der Waals surface area (Å²) in [5, 5.41) is 4.69. The molecule has 28 heavy (non-hydrogen) atoms. The van der Waals surface area contributed by atoms with Crippen LogP contribution >= 0.6 is 0 Å². The van der Waals surface area contributed by atoms with E-state index >= 15 is 0 Å². The number of hydrogen-bond acceptors (Lipinski definition) is 5. The maximum Gasteiger partial charge on any atom is 0.254 e. The van der Waals surface area contributed by atoms with Gasteiger partial charge in [0.05, 0.1) is 31.2 Å². The molecule has 2 amide bonds. The van der Waals surface area contributed by atoms with Crippen molar-refractivity contribution in [3.05, 3.63) is 53.6 Å². The van der Waals surface area contributed by atoms with Crippen LogP contribution in [0.4, 0.5) is 20.2 Å². The summed E-state index contributed by atoms with van der Waals surface area (Å²) in [6.07, 6.45) is 0.981. The van der Waals surface area contributed by atoms with Crippen molar-refractivity contribution in [3.8, 4) is 5.75 Å². The van der Waals surface area contributed by atoms with Gasteiger partial charge >= 0.3 is 0 Å². The first-order valence-electron chi connectivity index (χ1n) is 7.78. The molecule has 150 valence electrons. The van der Waals surface area contributed by atoms with E-state index < -0.39 is 45.6 Å². The minimum atomic E-state index is -3.52. The normalized spacial score (nSPS) is 10.9. The summed E-state index contributed by atoms with van der Waals surface area (Å²) in [6, 6.07) is 6.66. The second kappa shape index (κ2) is 8.65. The van der Waals surface area contributed by atoms with Crippen LogP contribution in [0.2, 0.25) is 0 Å². The monoisotopic (exact) mass is 413 g/mol. The summed E-state index contributed by atoms with van der Waals surface area (Å²) < 4.78 is 56.4. The SMILES string of the molecule is COc1cc(NC(=O)CNC(=O)c2ccc(F)cc2F)ccc1NS(C)(=O)=O. The van der Waals surface area contributed by atoms with Crippen molar-refractivity contribution in [2.45, 2.75) is 0 Å². The van der Waals surface area contributed by atoms with Crippen LogP contribution in [-0.2, 0) is 14.8 Å². The Kier molecular flexibility index (Phi) is 6.52. The zero-order valence-corrected chi connectivity index (χ0v) is 15.7. The van der Waals surface area contributed by atoms with Gasteiger partial charge in [-0.25, -0.2) is 17.2 Å². The van der Waals surface area contributed by atoms with Crippen molar-refractivity contribution >= 4 is 33.2 Å². The third-order valence-corrected chi connectivity index (χ3v) is 3.96. The highest BCUT2D eigenvalue weighted by molar-refractivity contribution is 7.92. The first kappa shape index (κ1) is 21.1. The zero-order valence-electron chi connectivity index (χ0n) is 14.9. The van der Waals surface area contributed by atoms with E-state index in [4.69, 9.17) is 4.74 Å². The summed E-state index contributed by atoms with van der Waals surface area (Å²) >= 11 is 0. The Morgan fingerprint density at radius 2 is 1.82 bits per heavy atom. The zero-order chi connectivity index (χ0) is 20.9. The lowest BCUT2D eigenvalue weighted by Gasteiger charge is -2.12. The van der Waals surface area contributed by atoms with Crippen LogP contribution in [0.25, 0.3) is 0 Å². The molecule has 0 atom stereocenters. The topological polar surface area (TPSA) is 114 Å². The van der Waals surface area contributed by atoms with E-state index in [2.05, 4.69) is 15.4 Å². The van der Waals surface area contributed by atoms with E-state index in [9.17, 15) is 26.8 Å². The molecule has 0 aromatic heterocycles. The maximum atomic E-state index is 13.5. The largest absolute Gasteiger partial charge is 0.494 e. The molecule has 0 saturated heterocycles. The lowest BCUT2D eigenvalue weighted by Crippen LogP contribution is -2.33. The van der Waals surface area contributed by atoms with Gasteiger partial charge in [-0.15, -0.1) is 0 Å². The molecule has 0 bridgehead atoms. The molecule has 0 aliphatic rings. The lowest BCUT2D eigenvalue weighted by molar-refractivity contribution is -0.115. The molecule has 2 aromatic carbocycles. The number of carbonyl (C=O) groups excluding carboxylic acids is 2. The Labute approximate surface area is 159 Å². The van der Waals surface area contributed by atoms with E-state index in [0.29, 0.717) is 6.07 Å². The quantitative estimate of drug-likeness (QED) is 0.640. The summed E-state index contributed by atoms with van der Waals surface area (Å²) in [7, 11) is -2.19. The molecular weight excluding hydrogens is 396 g/mol. The van der Waals surface area contributed by atoms with Crippen LogP contribution in [0, 0.1) is 11.6 Å². The first-order valence-corrected chi connectivity index (χ1v) is 9.67. The lowest BCUT2D eigenvalue weighted by atomic mass is 10.2. The average Bonchev–Trinajstić information content (AvgIpc) is 2.59. The van der Waals surface area contributed by atoms with Gasteiger partial charge in [0.15, 0.2) is 0 Å². The Morgan fingerprint density at radius 3 is 2.43 bits per heavy atom. The molecule has 2 aromatic rings. The number of benzene rings is 2. The molecule has 0 radical (unpaired) electrons. The highest BCUT2D eigenvalue weighted by Crippen LogP contribution is 2.28. The van der Waals surface area contributed by atoms with Gasteiger partial charge in [-0.1, -0.05) is 0 Å². The van der Waals surface area contributed by atoms with Gasteiger partial charge in [0.1, 0.15) is 17.4 Å². The number of sulfonamides is 1. The number of anilines is 2. The van der Waals surface area contributed by atoms with E-state index in [1.165, 1.54) is 25.3 Å². The molecule has 0 spiro atoms. The molecule has 2 rings (SSSR count). The predicted molar refractivity (Wildman–Crippen MR) is 98.8 cm³/mol. The third kappa shape index (κ3) is 5.91. The molecule has 8 nitrogen and oxygen atoms in total. The first-order chi connectivity index (χ1) is 13.1. The fraction of sp³-hybridized carbons (Fsp3) is 0.176. The maximum absolute atomic E-state index is 13.5. The number of carbonyl (C=O) groups is 2. The fourth-order valence-corrected chi connectivity index (χ4v) is 2.76. The molecule has 0 aliphatic heterocycles. The van der Waals surface area contributed by atoms with Crippen molar-refractivity contribution in [1.29, 1.82) is 0 Å². The fourth-order valence-electron chi connectivity index (χ4n) is 2.19. The smallest absolute Gasteiger partial charge is 0.254 e. The van der Waals surface area contributed by atoms with E-state index in [0.717, 1.165) is 18.4 Å². The van der Waals surface area contributed by atoms with Gasteiger partial charge in [-0.3, -0.25) is 14.3 Å². The third-order valence-electron chi connectivity index (χ3n) is 3.37. The van der Waals surface area contributed by atoms with Crippen molar-refractivity contribution in [2.24, 2.45) is 0 Å². The second-order valence-corrected chi connectivity index (χ2v) is 7.39. The summed E-state index contributed by atoms with van der Waals surface area (Å²) in [5.41, 5.74) is 0.0678. The van der Waals surface area contributed by atoms with E-state index in [1.807, 2.05) is 0 Å². The molecule has 11 heteroatoms. The van der Waals surface area contributed by atoms with Gasteiger partial charge in [-0.05, 0) is 24.3 Å². The Balaban J connectivity index is 2.00. The Morgan fingerprint density at radius 1 is 1.11 bits per heavy atom. The number of halogens is 2. The predicted octanol–water partition coefficient (Wildman–Crippen LogP) is 1.71. The highest BCUT2D eigenvalue weighted by atomic mass is 32.2. The number of amides is 2. The molecule has 3 N–H and O–H groups in total. The van der Waals surface area contributed by atoms with Gasteiger partial charge in [-0.2, -0.15) is 0 Å². The molecular formula is C17H17F2N3O5S. The van der Waals surface area contributed by atoms with Crippen molar-refractivity contribution in [2.75, 3.05) is 29.9 Å².